The van der Waals surface area contributed by atoms with E-state index in [9.17, 15) is 4.79 Å². The van der Waals surface area contributed by atoms with Gasteiger partial charge in [-0.1, -0.05) is 27.7 Å². The van der Waals surface area contributed by atoms with E-state index in [0.717, 1.165) is 31.2 Å². The lowest BCUT2D eigenvalue weighted by atomic mass is 10.1. The van der Waals surface area contributed by atoms with Gasteiger partial charge in [0.1, 0.15) is 0 Å². The lowest BCUT2D eigenvalue weighted by Crippen LogP contribution is -2.29. The van der Waals surface area contributed by atoms with E-state index in [1.807, 2.05) is 19.9 Å². The summed E-state index contributed by atoms with van der Waals surface area (Å²) in [5.74, 6) is 0.116. The van der Waals surface area contributed by atoms with E-state index in [0.29, 0.717) is 10.6 Å². The minimum absolute atomic E-state index is 0.0102. The summed E-state index contributed by atoms with van der Waals surface area (Å²) in [4.78, 5) is 15.1. The van der Waals surface area contributed by atoms with Gasteiger partial charge in [-0.25, -0.2) is 0 Å². The highest BCUT2D eigenvalue weighted by molar-refractivity contribution is 7.18. The Balaban J connectivity index is 2.53. The SMILES string of the molecule is CCCN(CC)CCNc1cc(N)c(C(=O)C(C)C)s1. The van der Waals surface area contributed by atoms with Crippen molar-refractivity contribution in [2.75, 3.05) is 37.2 Å². The Bertz CT molecular complexity index is 429. The van der Waals surface area contributed by atoms with Crippen LogP contribution in [0.2, 0.25) is 0 Å². The van der Waals surface area contributed by atoms with Crippen molar-refractivity contribution in [1.82, 2.24) is 4.90 Å². The molecule has 0 bridgehead atoms. The number of likely N-dealkylation sites (N-methyl/N-ethyl adjacent to an activating group) is 1. The average molecular weight is 297 g/mol. The molecule has 0 saturated heterocycles. The normalized spacial score (nSPS) is 11.3. The second-order valence-corrected chi connectivity index (χ2v) is 6.33. The van der Waals surface area contributed by atoms with Crippen LogP contribution >= 0.6 is 11.3 Å². The first-order chi connectivity index (χ1) is 9.49. The van der Waals surface area contributed by atoms with Crippen molar-refractivity contribution in [1.29, 1.82) is 0 Å². The highest BCUT2D eigenvalue weighted by Crippen LogP contribution is 2.30. The Labute approximate surface area is 126 Å². The molecule has 0 radical (unpaired) electrons. The topological polar surface area (TPSA) is 58.4 Å². The smallest absolute Gasteiger partial charge is 0.177 e. The fourth-order valence-corrected chi connectivity index (χ4v) is 3.12. The third kappa shape index (κ3) is 4.80. The molecule has 114 valence electrons. The van der Waals surface area contributed by atoms with E-state index in [2.05, 4.69) is 24.1 Å². The molecule has 1 rings (SSSR count). The van der Waals surface area contributed by atoms with Crippen molar-refractivity contribution in [3.63, 3.8) is 0 Å². The molecule has 0 amide bonds. The maximum Gasteiger partial charge on any atom is 0.177 e. The van der Waals surface area contributed by atoms with E-state index in [1.165, 1.54) is 17.8 Å². The van der Waals surface area contributed by atoms with E-state index in [4.69, 9.17) is 5.73 Å². The second-order valence-electron chi connectivity index (χ2n) is 5.28. The van der Waals surface area contributed by atoms with Crippen LogP contribution in [0.5, 0.6) is 0 Å². The number of hydrogen-bond donors (Lipinski definition) is 2. The number of carbonyl (C=O) groups excluding carboxylic acids is 1. The average Bonchev–Trinajstić information content (AvgIpc) is 2.77. The van der Waals surface area contributed by atoms with Crippen LogP contribution in [0.1, 0.15) is 43.8 Å². The number of nitrogens with zero attached hydrogens (tertiary/aromatic N) is 1. The van der Waals surface area contributed by atoms with Crippen LogP contribution in [0.4, 0.5) is 10.7 Å². The van der Waals surface area contributed by atoms with Gasteiger partial charge < -0.3 is 16.0 Å². The summed E-state index contributed by atoms with van der Waals surface area (Å²) in [5.41, 5.74) is 6.52. The molecule has 0 aromatic carbocycles. The summed E-state index contributed by atoms with van der Waals surface area (Å²) in [5, 5.41) is 4.35. The zero-order valence-electron chi connectivity index (χ0n) is 13.0. The molecule has 3 N–H and O–H groups in total. The van der Waals surface area contributed by atoms with Gasteiger partial charge in [-0.05, 0) is 25.6 Å². The number of nitrogens with one attached hydrogen (secondary N) is 1. The van der Waals surface area contributed by atoms with E-state index in [1.54, 1.807) is 0 Å². The third-order valence-electron chi connectivity index (χ3n) is 3.22. The van der Waals surface area contributed by atoms with Crippen LogP contribution in [0.15, 0.2) is 6.07 Å². The predicted molar refractivity (Wildman–Crippen MR) is 88.8 cm³/mol. The monoisotopic (exact) mass is 297 g/mol. The van der Waals surface area contributed by atoms with Gasteiger partial charge in [-0.3, -0.25) is 4.79 Å². The van der Waals surface area contributed by atoms with Crippen LogP contribution in [-0.4, -0.2) is 36.9 Å². The van der Waals surface area contributed by atoms with Crippen LogP contribution < -0.4 is 11.1 Å². The van der Waals surface area contributed by atoms with Gasteiger partial charge in [0.2, 0.25) is 0 Å². The summed E-state index contributed by atoms with van der Waals surface area (Å²) in [7, 11) is 0. The summed E-state index contributed by atoms with van der Waals surface area (Å²) in [6.07, 6.45) is 1.17. The predicted octanol–water partition coefficient (Wildman–Crippen LogP) is 3.31. The first-order valence-corrected chi connectivity index (χ1v) is 8.20. The number of carbonyl (C=O) groups is 1. The first kappa shape index (κ1) is 17.0. The maximum absolute atomic E-state index is 12.0. The van der Waals surface area contributed by atoms with Gasteiger partial charge in [-0.15, -0.1) is 11.3 Å². The minimum Gasteiger partial charge on any atom is -0.397 e. The van der Waals surface area contributed by atoms with Gasteiger partial charge in [-0.2, -0.15) is 0 Å². The number of hydrogen-bond acceptors (Lipinski definition) is 5. The second kappa shape index (κ2) is 8.27. The number of nitrogen functional groups attached to an aromatic ring is 1. The van der Waals surface area contributed by atoms with Gasteiger partial charge in [0.25, 0.3) is 0 Å². The first-order valence-electron chi connectivity index (χ1n) is 7.39. The Morgan fingerprint density at radius 1 is 1.40 bits per heavy atom. The lowest BCUT2D eigenvalue weighted by Gasteiger charge is -2.19. The molecule has 1 aromatic heterocycles. The molecular formula is C15H27N3OS. The Hall–Kier alpha value is -1.07. The Morgan fingerprint density at radius 3 is 2.65 bits per heavy atom. The summed E-state index contributed by atoms with van der Waals surface area (Å²) in [6.45, 7) is 12.3. The van der Waals surface area contributed by atoms with Crippen LogP contribution in [0.3, 0.4) is 0 Å². The largest absolute Gasteiger partial charge is 0.397 e. The fraction of sp³-hybridized carbons (Fsp3) is 0.667. The number of thiophene rings is 1. The zero-order valence-corrected chi connectivity index (χ0v) is 13.8. The number of anilines is 2. The quantitative estimate of drug-likeness (QED) is 0.687. The van der Waals surface area contributed by atoms with Gasteiger partial charge in [0.15, 0.2) is 5.78 Å². The molecule has 0 spiro atoms. The number of ketones is 1. The molecule has 0 saturated carbocycles. The van der Waals surface area contributed by atoms with Crippen LogP contribution in [0.25, 0.3) is 0 Å². The molecule has 5 heteroatoms. The van der Waals surface area contributed by atoms with Crippen molar-refractivity contribution in [3.05, 3.63) is 10.9 Å². The van der Waals surface area contributed by atoms with Gasteiger partial charge in [0, 0.05) is 19.0 Å². The van der Waals surface area contributed by atoms with Crippen molar-refractivity contribution >= 4 is 27.8 Å². The van der Waals surface area contributed by atoms with Crippen LogP contribution in [0, 0.1) is 5.92 Å². The molecule has 4 nitrogen and oxygen atoms in total. The van der Waals surface area contributed by atoms with E-state index < -0.39 is 0 Å². The van der Waals surface area contributed by atoms with Gasteiger partial charge >= 0.3 is 0 Å². The molecule has 0 aliphatic rings. The van der Waals surface area contributed by atoms with Crippen molar-refractivity contribution in [2.24, 2.45) is 5.92 Å². The molecule has 0 unspecified atom stereocenters. The molecule has 1 heterocycles. The fourth-order valence-electron chi connectivity index (χ4n) is 2.03. The third-order valence-corrected chi connectivity index (χ3v) is 4.35. The number of rotatable bonds is 9. The molecule has 0 atom stereocenters. The maximum atomic E-state index is 12.0. The van der Waals surface area contributed by atoms with E-state index in [-0.39, 0.29) is 11.7 Å². The van der Waals surface area contributed by atoms with Crippen molar-refractivity contribution in [3.8, 4) is 0 Å². The standard InChI is InChI=1S/C15H27N3OS/c1-5-8-18(6-2)9-7-17-13-10-12(16)15(20-13)14(19)11(3)4/h10-11,17H,5-9,16H2,1-4H3. The highest BCUT2D eigenvalue weighted by atomic mass is 32.1. The summed E-state index contributed by atoms with van der Waals surface area (Å²) in [6, 6.07) is 1.87. The molecule has 0 aliphatic carbocycles. The molecular weight excluding hydrogens is 270 g/mol. The molecule has 1 aromatic rings. The van der Waals surface area contributed by atoms with E-state index >= 15 is 0 Å². The lowest BCUT2D eigenvalue weighted by molar-refractivity contribution is 0.0944. The summed E-state index contributed by atoms with van der Waals surface area (Å²) >= 11 is 1.46. The molecule has 20 heavy (non-hydrogen) atoms. The minimum atomic E-state index is -0.0102. The summed E-state index contributed by atoms with van der Waals surface area (Å²) < 4.78 is 0. The number of nitrogens with two attached hydrogens (primary N) is 1. The number of Topliss-reactive ketones (excluding diaryl/α,β-unsaturated/α-hetero) is 1. The van der Waals surface area contributed by atoms with Gasteiger partial charge in [0.05, 0.1) is 15.6 Å². The molecule has 0 fully saturated rings. The Morgan fingerprint density at radius 2 is 2.10 bits per heavy atom. The Kier molecular flexibility index (Phi) is 7.02. The van der Waals surface area contributed by atoms with Crippen molar-refractivity contribution in [2.45, 2.75) is 34.1 Å². The van der Waals surface area contributed by atoms with Crippen LogP contribution in [-0.2, 0) is 0 Å². The zero-order chi connectivity index (χ0) is 15.1. The highest BCUT2D eigenvalue weighted by Gasteiger charge is 2.17. The van der Waals surface area contributed by atoms with Crippen molar-refractivity contribution < 1.29 is 4.79 Å². The molecule has 0 aliphatic heterocycles.